The van der Waals surface area contributed by atoms with Gasteiger partial charge in [0.2, 0.25) is 0 Å². The number of pyridine rings is 1. The molecule has 0 saturated heterocycles. The van der Waals surface area contributed by atoms with Crippen molar-refractivity contribution in [1.82, 2.24) is 4.98 Å². The molecule has 2 N–H and O–H groups in total. The topological polar surface area (TPSA) is 52.0 Å². The number of halogens is 1. The van der Waals surface area contributed by atoms with Crippen LogP contribution in [0.3, 0.4) is 0 Å². The van der Waals surface area contributed by atoms with Crippen LogP contribution >= 0.6 is 0 Å². The summed E-state index contributed by atoms with van der Waals surface area (Å²) in [6.07, 6.45) is 3.42. The van der Waals surface area contributed by atoms with E-state index in [1.54, 1.807) is 30.6 Å². The molecule has 3 rings (SSSR count). The van der Waals surface area contributed by atoms with E-state index in [9.17, 15) is 4.39 Å². The minimum absolute atomic E-state index is 0.245. The molecule has 0 aliphatic heterocycles. The molecule has 4 heteroatoms. The minimum atomic E-state index is -0.444. The molecule has 19 heavy (non-hydrogen) atoms. The highest BCUT2D eigenvalue weighted by atomic mass is 19.1. The van der Waals surface area contributed by atoms with E-state index < -0.39 is 6.04 Å². The summed E-state index contributed by atoms with van der Waals surface area (Å²) in [5, 5.41) is 0.715. The molecule has 0 spiro atoms. The first-order chi connectivity index (χ1) is 9.16. The lowest BCUT2D eigenvalue weighted by atomic mass is 10.0. The summed E-state index contributed by atoms with van der Waals surface area (Å²) >= 11 is 0. The Morgan fingerprint density at radius 2 is 2.16 bits per heavy atom. The van der Waals surface area contributed by atoms with Crippen molar-refractivity contribution >= 4 is 11.0 Å². The fourth-order valence-electron chi connectivity index (χ4n) is 2.16. The number of rotatable bonds is 2. The molecule has 96 valence electrons. The molecular formula is C15H13FN2O. The third-order valence-corrected chi connectivity index (χ3v) is 3.24. The van der Waals surface area contributed by atoms with Crippen molar-refractivity contribution in [2.75, 3.05) is 0 Å². The Kier molecular flexibility index (Phi) is 2.80. The predicted molar refractivity (Wildman–Crippen MR) is 71.2 cm³/mol. The average Bonchev–Trinajstić information content (AvgIpc) is 2.84. The fraction of sp³-hybridized carbons (Fsp3) is 0.133. The van der Waals surface area contributed by atoms with Gasteiger partial charge in [-0.25, -0.2) is 4.39 Å². The standard InChI is InChI=1S/C15H13FN2O/c1-9-5-6-18-8-11(9)14(17)13-7-10-3-2-4-12(16)15(10)19-13/h2-8,14H,17H2,1H3. The number of hydrogen-bond donors (Lipinski definition) is 1. The van der Waals surface area contributed by atoms with Crippen molar-refractivity contribution in [2.24, 2.45) is 5.73 Å². The van der Waals surface area contributed by atoms with Crippen molar-refractivity contribution in [3.05, 3.63) is 65.4 Å². The highest BCUT2D eigenvalue weighted by molar-refractivity contribution is 5.78. The molecule has 0 fully saturated rings. The number of aromatic nitrogens is 1. The van der Waals surface area contributed by atoms with Gasteiger partial charge in [-0.1, -0.05) is 12.1 Å². The molecule has 3 nitrogen and oxygen atoms in total. The Morgan fingerprint density at radius 3 is 2.89 bits per heavy atom. The average molecular weight is 256 g/mol. The van der Waals surface area contributed by atoms with Gasteiger partial charge in [-0.3, -0.25) is 4.98 Å². The monoisotopic (exact) mass is 256 g/mol. The molecule has 1 aromatic carbocycles. The van der Waals surface area contributed by atoms with Gasteiger partial charge in [0.1, 0.15) is 5.76 Å². The van der Waals surface area contributed by atoms with E-state index in [0.29, 0.717) is 11.1 Å². The normalized spacial score (nSPS) is 12.8. The molecule has 3 aromatic rings. The second kappa shape index (κ2) is 4.48. The van der Waals surface area contributed by atoms with Crippen LogP contribution in [0, 0.1) is 12.7 Å². The summed E-state index contributed by atoms with van der Waals surface area (Å²) in [7, 11) is 0. The van der Waals surface area contributed by atoms with Gasteiger partial charge in [-0.2, -0.15) is 0 Å². The molecule has 1 unspecified atom stereocenters. The Labute approximate surface area is 109 Å². The Hall–Kier alpha value is -2.20. The summed E-state index contributed by atoms with van der Waals surface area (Å²) in [4.78, 5) is 4.07. The van der Waals surface area contributed by atoms with E-state index in [1.165, 1.54) is 6.07 Å². The van der Waals surface area contributed by atoms with Gasteiger partial charge < -0.3 is 10.2 Å². The van der Waals surface area contributed by atoms with Crippen LogP contribution in [0.5, 0.6) is 0 Å². The van der Waals surface area contributed by atoms with Crippen molar-refractivity contribution in [3.63, 3.8) is 0 Å². The number of nitrogens with two attached hydrogens (primary N) is 1. The van der Waals surface area contributed by atoms with E-state index in [2.05, 4.69) is 4.98 Å². The maximum atomic E-state index is 13.6. The first kappa shape index (κ1) is 11.9. The second-order valence-electron chi connectivity index (χ2n) is 4.52. The molecule has 2 heterocycles. The van der Waals surface area contributed by atoms with E-state index in [1.807, 2.05) is 13.0 Å². The number of hydrogen-bond acceptors (Lipinski definition) is 3. The van der Waals surface area contributed by atoms with E-state index >= 15 is 0 Å². The summed E-state index contributed by atoms with van der Waals surface area (Å²) in [5.41, 5.74) is 8.33. The maximum absolute atomic E-state index is 13.6. The van der Waals surface area contributed by atoms with Crippen LogP contribution in [0.15, 0.2) is 47.1 Å². The van der Waals surface area contributed by atoms with Crippen LogP contribution in [0.1, 0.15) is 22.9 Å². The molecule has 0 aliphatic rings. The molecule has 0 aliphatic carbocycles. The lowest BCUT2D eigenvalue weighted by Gasteiger charge is -2.11. The number of fused-ring (bicyclic) bond motifs is 1. The number of nitrogens with zero attached hydrogens (tertiary/aromatic N) is 1. The number of para-hydroxylation sites is 1. The zero-order valence-electron chi connectivity index (χ0n) is 10.4. The highest BCUT2D eigenvalue weighted by Gasteiger charge is 2.17. The molecule has 2 aromatic heterocycles. The third-order valence-electron chi connectivity index (χ3n) is 3.24. The molecule has 1 atom stereocenters. The van der Waals surface area contributed by atoms with Gasteiger partial charge in [-0.05, 0) is 36.2 Å². The molecular weight excluding hydrogens is 243 g/mol. The van der Waals surface area contributed by atoms with Crippen molar-refractivity contribution in [1.29, 1.82) is 0 Å². The second-order valence-corrected chi connectivity index (χ2v) is 4.52. The SMILES string of the molecule is Cc1ccncc1C(N)c1cc2cccc(F)c2o1. The fourth-order valence-corrected chi connectivity index (χ4v) is 2.16. The van der Waals surface area contributed by atoms with Gasteiger partial charge in [0.25, 0.3) is 0 Å². The zero-order chi connectivity index (χ0) is 13.4. The van der Waals surface area contributed by atoms with Gasteiger partial charge in [0.05, 0.1) is 6.04 Å². The summed E-state index contributed by atoms with van der Waals surface area (Å²) in [5.74, 6) is 0.162. The van der Waals surface area contributed by atoms with Crippen molar-refractivity contribution in [3.8, 4) is 0 Å². The summed E-state index contributed by atoms with van der Waals surface area (Å²) in [6.45, 7) is 1.96. The molecule has 0 amide bonds. The highest BCUT2D eigenvalue weighted by Crippen LogP contribution is 2.29. The number of furan rings is 1. The van der Waals surface area contributed by atoms with E-state index in [-0.39, 0.29) is 11.4 Å². The largest absolute Gasteiger partial charge is 0.456 e. The molecule has 0 bridgehead atoms. The van der Waals surface area contributed by atoms with Crippen LogP contribution in [-0.4, -0.2) is 4.98 Å². The van der Waals surface area contributed by atoms with Crippen molar-refractivity contribution in [2.45, 2.75) is 13.0 Å². The van der Waals surface area contributed by atoms with E-state index in [0.717, 1.165) is 11.1 Å². The van der Waals surface area contributed by atoms with Gasteiger partial charge in [0.15, 0.2) is 11.4 Å². The summed E-state index contributed by atoms with van der Waals surface area (Å²) < 4.78 is 19.1. The first-order valence-electron chi connectivity index (χ1n) is 6.01. The van der Waals surface area contributed by atoms with Crippen LogP contribution in [0.25, 0.3) is 11.0 Å². The zero-order valence-corrected chi connectivity index (χ0v) is 10.4. The predicted octanol–water partition coefficient (Wildman–Crippen LogP) is 3.32. The van der Waals surface area contributed by atoms with Gasteiger partial charge in [-0.15, -0.1) is 0 Å². The van der Waals surface area contributed by atoms with Crippen LogP contribution in [0.4, 0.5) is 4.39 Å². The van der Waals surface area contributed by atoms with Crippen LogP contribution in [-0.2, 0) is 0 Å². The minimum Gasteiger partial charge on any atom is -0.456 e. The smallest absolute Gasteiger partial charge is 0.169 e. The first-order valence-corrected chi connectivity index (χ1v) is 6.01. The third kappa shape index (κ3) is 2.00. The van der Waals surface area contributed by atoms with Crippen molar-refractivity contribution < 1.29 is 8.81 Å². The Bertz CT molecular complexity index is 736. The quantitative estimate of drug-likeness (QED) is 0.765. The van der Waals surface area contributed by atoms with Crippen LogP contribution in [0.2, 0.25) is 0 Å². The molecule has 0 radical (unpaired) electrons. The summed E-state index contributed by atoms with van der Waals surface area (Å²) in [6, 6.07) is 8.04. The van der Waals surface area contributed by atoms with Crippen LogP contribution < -0.4 is 5.73 Å². The maximum Gasteiger partial charge on any atom is 0.169 e. The lowest BCUT2D eigenvalue weighted by Crippen LogP contribution is -2.12. The lowest BCUT2D eigenvalue weighted by molar-refractivity contribution is 0.501. The Morgan fingerprint density at radius 1 is 1.32 bits per heavy atom. The number of benzene rings is 1. The Balaban J connectivity index is 2.10. The number of aryl methyl sites for hydroxylation is 1. The van der Waals surface area contributed by atoms with E-state index in [4.69, 9.17) is 10.2 Å². The molecule has 0 saturated carbocycles. The van der Waals surface area contributed by atoms with Gasteiger partial charge in [0, 0.05) is 17.8 Å². The van der Waals surface area contributed by atoms with Gasteiger partial charge >= 0.3 is 0 Å².